The van der Waals surface area contributed by atoms with Crippen molar-refractivity contribution in [2.24, 2.45) is 0 Å². The lowest BCUT2D eigenvalue weighted by Crippen LogP contribution is -2.30. The average molecular weight is 461 g/mol. The third-order valence-electron chi connectivity index (χ3n) is 5.33. The third kappa shape index (κ3) is 5.28. The van der Waals surface area contributed by atoms with Gasteiger partial charge in [-0.15, -0.1) is 0 Å². The molecule has 1 N–H and O–H groups in total. The normalized spacial score (nSPS) is 11.1. The molecule has 0 aliphatic heterocycles. The number of halogens is 1. The maximum Gasteiger partial charge on any atom is 0.339 e. The van der Waals surface area contributed by atoms with Crippen molar-refractivity contribution in [1.82, 2.24) is 20.1 Å². The van der Waals surface area contributed by atoms with Crippen LogP contribution in [0.4, 0.5) is 4.39 Å². The van der Waals surface area contributed by atoms with Crippen LogP contribution in [-0.2, 0) is 16.0 Å². The van der Waals surface area contributed by atoms with E-state index in [2.05, 4.69) is 10.4 Å². The van der Waals surface area contributed by atoms with Gasteiger partial charge in [-0.2, -0.15) is 5.10 Å². The van der Waals surface area contributed by atoms with Gasteiger partial charge in [-0.3, -0.25) is 4.79 Å². The number of esters is 1. The molecule has 0 fully saturated rings. The monoisotopic (exact) mass is 460 g/mol. The summed E-state index contributed by atoms with van der Waals surface area (Å²) in [7, 11) is 0. The van der Waals surface area contributed by atoms with Gasteiger partial charge in [-0.05, 0) is 44.0 Å². The van der Waals surface area contributed by atoms with Gasteiger partial charge in [0.2, 0.25) is 0 Å². The second-order valence-corrected chi connectivity index (χ2v) is 8.14. The summed E-state index contributed by atoms with van der Waals surface area (Å²) < 4.78 is 20.0. The number of hydrogen-bond donors (Lipinski definition) is 1. The number of aromatic nitrogens is 3. The van der Waals surface area contributed by atoms with Crippen LogP contribution in [0, 0.1) is 5.82 Å². The molecule has 2 aromatic heterocycles. The highest BCUT2D eigenvalue weighted by Gasteiger charge is 2.20. The van der Waals surface area contributed by atoms with E-state index < -0.39 is 18.5 Å². The molecule has 0 bridgehead atoms. The summed E-state index contributed by atoms with van der Waals surface area (Å²) in [4.78, 5) is 29.9. The topological polar surface area (TPSA) is 86.1 Å². The second kappa shape index (κ2) is 10.2. The van der Waals surface area contributed by atoms with Crippen molar-refractivity contribution in [3.63, 3.8) is 0 Å². The zero-order valence-corrected chi connectivity index (χ0v) is 19.0. The van der Waals surface area contributed by atoms with E-state index in [1.165, 1.54) is 12.1 Å². The highest BCUT2D eigenvalue weighted by molar-refractivity contribution is 6.04. The van der Waals surface area contributed by atoms with Crippen molar-refractivity contribution in [2.45, 2.75) is 26.3 Å². The Kier molecular flexibility index (Phi) is 6.96. The number of nitrogens with zero attached hydrogens (tertiary/aromatic N) is 3. The Hall–Kier alpha value is -4.07. The van der Waals surface area contributed by atoms with Crippen molar-refractivity contribution >= 4 is 22.9 Å². The van der Waals surface area contributed by atoms with Crippen LogP contribution in [0.3, 0.4) is 0 Å². The molecule has 34 heavy (non-hydrogen) atoms. The van der Waals surface area contributed by atoms with Gasteiger partial charge >= 0.3 is 5.97 Å². The lowest BCUT2D eigenvalue weighted by Gasteiger charge is -2.11. The Morgan fingerprint density at radius 2 is 1.82 bits per heavy atom. The van der Waals surface area contributed by atoms with Gasteiger partial charge in [-0.1, -0.05) is 42.5 Å². The summed E-state index contributed by atoms with van der Waals surface area (Å²) in [6.45, 7) is 3.90. The fraction of sp³-hybridized carbons (Fsp3) is 0.231. The molecule has 0 radical (unpaired) electrons. The molecule has 7 nitrogen and oxygen atoms in total. The van der Waals surface area contributed by atoms with Crippen molar-refractivity contribution in [2.75, 3.05) is 13.2 Å². The van der Waals surface area contributed by atoms with E-state index in [0.717, 1.165) is 11.1 Å². The molecule has 0 unspecified atom stereocenters. The number of pyridine rings is 1. The van der Waals surface area contributed by atoms with Crippen LogP contribution in [-0.4, -0.2) is 39.8 Å². The molecule has 174 valence electrons. The number of fused-ring (bicyclic) bond motifs is 1. The van der Waals surface area contributed by atoms with Gasteiger partial charge in [0.05, 0.1) is 22.8 Å². The predicted octanol–water partition coefficient (Wildman–Crippen LogP) is 4.33. The van der Waals surface area contributed by atoms with Crippen LogP contribution in [0.1, 0.15) is 35.8 Å². The minimum Gasteiger partial charge on any atom is -0.452 e. The lowest BCUT2D eigenvalue weighted by molar-refractivity contribution is -0.124. The summed E-state index contributed by atoms with van der Waals surface area (Å²) in [5, 5.41) is 7.66. The zero-order valence-electron chi connectivity index (χ0n) is 19.0. The SMILES string of the molecule is CC(C)n1ncc2c(C(=O)OCC(=O)NCCc3ccc(F)cc3)cc(-c3ccccc3)nc21. The largest absolute Gasteiger partial charge is 0.452 e. The highest BCUT2D eigenvalue weighted by Crippen LogP contribution is 2.26. The van der Waals surface area contributed by atoms with Crippen molar-refractivity contribution < 1.29 is 18.7 Å². The average Bonchev–Trinajstić information content (AvgIpc) is 3.28. The number of carbonyl (C=O) groups is 2. The van der Waals surface area contributed by atoms with Crippen LogP contribution in [0.5, 0.6) is 0 Å². The van der Waals surface area contributed by atoms with Crippen LogP contribution in [0.2, 0.25) is 0 Å². The van der Waals surface area contributed by atoms with Gasteiger partial charge in [-0.25, -0.2) is 18.9 Å². The summed E-state index contributed by atoms with van der Waals surface area (Å²) >= 11 is 0. The van der Waals surface area contributed by atoms with Crippen molar-refractivity contribution in [3.05, 3.63) is 83.8 Å². The summed E-state index contributed by atoms with van der Waals surface area (Å²) in [6, 6.07) is 17.3. The molecule has 2 aromatic carbocycles. The molecule has 2 heterocycles. The summed E-state index contributed by atoms with van der Waals surface area (Å²) in [6.07, 6.45) is 2.14. The molecule has 8 heteroatoms. The number of carbonyl (C=O) groups excluding carboxylic acids is 2. The number of nitrogens with one attached hydrogen (secondary N) is 1. The Bertz CT molecular complexity index is 1300. The lowest BCUT2D eigenvalue weighted by atomic mass is 10.1. The number of ether oxygens (including phenoxy) is 1. The standard InChI is InChI=1S/C26H25FN4O3/c1-17(2)31-25-22(15-29-31)21(14-23(30-25)19-6-4-3-5-7-19)26(33)34-16-24(32)28-13-12-18-8-10-20(27)11-9-18/h3-11,14-15,17H,12-13,16H2,1-2H3,(H,28,32). The molecule has 0 atom stereocenters. The smallest absolute Gasteiger partial charge is 0.339 e. The molecule has 0 aliphatic carbocycles. The van der Waals surface area contributed by atoms with Crippen LogP contribution < -0.4 is 5.32 Å². The molecular formula is C26H25FN4O3. The molecule has 0 saturated heterocycles. The first-order valence-corrected chi connectivity index (χ1v) is 11.0. The Morgan fingerprint density at radius 1 is 1.09 bits per heavy atom. The highest BCUT2D eigenvalue weighted by atomic mass is 19.1. The van der Waals surface area contributed by atoms with Crippen LogP contribution in [0.15, 0.2) is 66.9 Å². The van der Waals surface area contributed by atoms with Crippen molar-refractivity contribution in [1.29, 1.82) is 0 Å². The first-order chi connectivity index (χ1) is 16.4. The van der Waals surface area contributed by atoms with E-state index in [4.69, 9.17) is 9.72 Å². The maximum atomic E-state index is 13.0. The fourth-order valence-electron chi connectivity index (χ4n) is 3.58. The zero-order chi connectivity index (χ0) is 24.1. The molecule has 0 aliphatic rings. The third-order valence-corrected chi connectivity index (χ3v) is 5.33. The quantitative estimate of drug-likeness (QED) is 0.396. The van der Waals surface area contributed by atoms with Gasteiger partial charge < -0.3 is 10.1 Å². The minimum absolute atomic E-state index is 0.0479. The van der Waals surface area contributed by atoms with Gasteiger partial charge in [0.25, 0.3) is 5.91 Å². The van der Waals surface area contributed by atoms with Gasteiger partial charge in [0.1, 0.15) is 5.82 Å². The van der Waals surface area contributed by atoms with Crippen LogP contribution in [0.25, 0.3) is 22.3 Å². The number of rotatable bonds is 8. The fourth-order valence-corrected chi connectivity index (χ4v) is 3.58. The van der Waals surface area contributed by atoms with E-state index >= 15 is 0 Å². The van der Waals surface area contributed by atoms with Gasteiger partial charge in [0.15, 0.2) is 12.3 Å². The molecule has 4 rings (SSSR count). The van der Waals surface area contributed by atoms with Crippen molar-refractivity contribution in [3.8, 4) is 11.3 Å². The molecule has 0 spiro atoms. The molecule has 4 aromatic rings. The Labute approximate surface area is 196 Å². The molecule has 0 saturated carbocycles. The number of hydrogen-bond acceptors (Lipinski definition) is 5. The first kappa shape index (κ1) is 23.1. The summed E-state index contributed by atoms with van der Waals surface area (Å²) in [5.74, 6) is -1.34. The Balaban J connectivity index is 1.47. The predicted molar refractivity (Wildman–Crippen MR) is 127 cm³/mol. The van der Waals surface area contributed by atoms with E-state index in [9.17, 15) is 14.0 Å². The number of benzene rings is 2. The minimum atomic E-state index is -0.624. The number of amides is 1. The van der Waals surface area contributed by atoms with Gasteiger partial charge in [0, 0.05) is 18.2 Å². The molecular weight excluding hydrogens is 435 g/mol. The molecule has 1 amide bonds. The summed E-state index contributed by atoms with van der Waals surface area (Å²) in [5.41, 5.74) is 3.25. The van der Waals surface area contributed by atoms with E-state index in [1.807, 2.05) is 44.2 Å². The van der Waals surface area contributed by atoms with E-state index in [1.54, 1.807) is 29.1 Å². The second-order valence-electron chi connectivity index (χ2n) is 8.14. The van der Waals surface area contributed by atoms with E-state index in [-0.39, 0.29) is 11.9 Å². The van der Waals surface area contributed by atoms with E-state index in [0.29, 0.717) is 35.3 Å². The Morgan fingerprint density at radius 3 is 2.53 bits per heavy atom. The first-order valence-electron chi connectivity index (χ1n) is 11.0. The van der Waals surface area contributed by atoms with Crippen LogP contribution >= 0.6 is 0 Å². The maximum absolute atomic E-state index is 13.0.